The largest absolute Gasteiger partial charge is 0.493 e. The molecule has 7 heteroatoms. The molecule has 6 nitrogen and oxygen atoms in total. The molecule has 0 bridgehead atoms. The maximum absolute atomic E-state index is 5.42. The predicted molar refractivity (Wildman–Crippen MR) is 84.0 cm³/mol. The van der Waals surface area contributed by atoms with E-state index in [1.165, 1.54) is 0 Å². The summed E-state index contributed by atoms with van der Waals surface area (Å²) in [7, 11) is 3.26. The molecule has 1 aromatic carbocycles. The van der Waals surface area contributed by atoms with Gasteiger partial charge >= 0.3 is 0 Å². The van der Waals surface area contributed by atoms with Crippen molar-refractivity contribution < 1.29 is 9.47 Å². The highest BCUT2D eigenvalue weighted by molar-refractivity contribution is 7.71. The number of aryl methyl sites for hydroxylation is 1. The number of rotatable bonds is 7. The van der Waals surface area contributed by atoms with Crippen LogP contribution in [0.15, 0.2) is 18.2 Å². The molecule has 0 fully saturated rings. The highest BCUT2D eigenvalue weighted by Crippen LogP contribution is 2.30. The van der Waals surface area contributed by atoms with E-state index in [4.69, 9.17) is 21.7 Å². The second kappa shape index (κ2) is 7.12. The topological polar surface area (TPSA) is 64.1 Å². The zero-order valence-corrected chi connectivity index (χ0v) is 13.3. The average Bonchev–Trinajstić information content (AvgIpc) is 2.85. The van der Waals surface area contributed by atoms with Gasteiger partial charge in [0.05, 0.1) is 20.8 Å². The SMILES string of the molecule is CCCc1n[nH]c(=S)n1NCc1cccc(OC)c1OC. The van der Waals surface area contributed by atoms with Crippen molar-refractivity contribution in [3.05, 3.63) is 34.4 Å². The highest BCUT2D eigenvalue weighted by atomic mass is 32.1. The highest BCUT2D eigenvalue weighted by Gasteiger charge is 2.10. The first kappa shape index (κ1) is 15.4. The number of aromatic amines is 1. The summed E-state index contributed by atoms with van der Waals surface area (Å²) in [6, 6.07) is 5.78. The van der Waals surface area contributed by atoms with Crippen molar-refractivity contribution in [1.82, 2.24) is 14.9 Å². The third kappa shape index (κ3) is 3.36. The number of H-pyrrole nitrogens is 1. The number of hydrogen-bond donors (Lipinski definition) is 2. The van der Waals surface area contributed by atoms with Gasteiger partial charge in [-0.1, -0.05) is 19.1 Å². The Balaban J connectivity index is 2.21. The van der Waals surface area contributed by atoms with Gasteiger partial charge in [0.15, 0.2) is 17.3 Å². The number of methoxy groups -OCH3 is 2. The van der Waals surface area contributed by atoms with E-state index in [0.29, 0.717) is 17.1 Å². The van der Waals surface area contributed by atoms with Gasteiger partial charge in [-0.2, -0.15) is 5.10 Å². The number of ether oxygens (including phenoxy) is 2. The van der Waals surface area contributed by atoms with Crippen LogP contribution in [0.5, 0.6) is 11.5 Å². The predicted octanol–water partition coefficient (Wildman–Crippen LogP) is 2.65. The van der Waals surface area contributed by atoms with Crippen LogP contribution >= 0.6 is 12.2 Å². The summed E-state index contributed by atoms with van der Waals surface area (Å²) < 4.78 is 13.1. The third-order valence-electron chi connectivity index (χ3n) is 3.13. The summed E-state index contributed by atoms with van der Waals surface area (Å²) in [5.41, 5.74) is 4.26. The first-order chi connectivity index (χ1) is 10.2. The molecule has 0 amide bonds. The molecule has 2 rings (SSSR count). The number of benzene rings is 1. The summed E-state index contributed by atoms with van der Waals surface area (Å²) in [6.45, 7) is 2.66. The summed E-state index contributed by atoms with van der Waals surface area (Å²) in [6.07, 6.45) is 1.86. The number of hydrogen-bond acceptors (Lipinski definition) is 5. The maximum Gasteiger partial charge on any atom is 0.214 e. The Morgan fingerprint density at radius 3 is 2.81 bits per heavy atom. The van der Waals surface area contributed by atoms with E-state index in [0.717, 1.165) is 30.0 Å². The van der Waals surface area contributed by atoms with Crippen LogP contribution in [0.1, 0.15) is 24.7 Å². The van der Waals surface area contributed by atoms with Gasteiger partial charge < -0.3 is 14.9 Å². The zero-order valence-electron chi connectivity index (χ0n) is 12.5. The van der Waals surface area contributed by atoms with Gasteiger partial charge in [0.2, 0.25) is 4.77 Å². The number of aromatic nitrogens is 3. The van der Waals surface area contributed by atoms with E-state index in [1.807, 2.05) is 18.2 Å². The Hall–Kier alpha value is -2.02. The minimum Gasteiger partial charge on any atom is -0.493 e. The normalized spacial score (nSPS) is 10.4. The van der Waals surface area contributed by atoms with Gasteiger partial charge in [-0.15, -0.1) is 0 Å². The second-order valence-corrected chi connectivity index (χ2v) is 4.90. The van der Waals surface area contributed by atoms with E-state index in [1.54, 1.807) is 18.9 Å². The summed E-state index contributed by atoms with van der Waals surface area (Å²) >= 11 is 5.24. The lowest BCUT2D eigenvalue weighted by molar-refractivity contribution is 0.352. The number of nitrogens with zero attached hydrogens (tertiary/aromatic N) is 2. The van der Waals surface area contributed by atoms with Crippen molar-refractivity contribution in [3.63, 3.8) is 0 Å². The Morgan fingerprint density at radius 2 is 2.14 bits per heavy atom. The Bertz CT molecular complexity index is 651. The molecule has 2 aromatic rings. The summed E-state index contributed by atoms with van der Waals surface area (Å²) in [4.78, 5) is 0. The molecular weight excluding hydrogens is 288 g/mol. The number of nitrogens with one attached hydrogen (secondary N) is 2. The average molecular weight is 308 g/mol. The first-order valence-electron chi connectivity index (χ1n) is 6.81. The summed E-state index contributed by atoms with van der Waals surface area (Å²) in [5.74, 6) is 2.32. The van der Waals surface area contributed by atoms with Crippen LogP contribution in [0.3, 0.4) is 0 Å². The summed E-state index contributed by atoms with van der Waals surface area (Å²) in [5, 5.41) is 7.03. The minimum atomic E-state index is 0.556. The fourth-order valence-corrected chi connectivity index (χ4v) is 2.36. The van der Waals surface area contributed by atoms with E-state index in [9.17, 15) is 0 Å². The van der Waals surface area contributed by atoms with E-state index < -0.39 is 0 Å². The van der Waals surface area contributed by atoms with Crippen LogP contribution in [0, 0.1) is 4.77 Å². The molecular formula is C14H20N4O2S. The smallest absolute Gasteiger partial charge is 0.214 e. The lowest BCUT2D eigenvalue weighted by atomic mass is 10.2. The fourth-order valence-electron chi connectivity index (χ4n) is 2.14. The molecule has 21 heavy (non-hydrogen) atoms. The van der Waals surface area contributed by atoms with Crippen molar-refractivity contribution in [3.8, 4) is 11.5 Å². The molecule has 0 saturated carbocycles. The van der Waals surface area contributed by atoms with Crippen molar-refractivity contribution in [2.75, 3.05) is 19.6 Å². The van der Waals surface area contributed by atoms with E-state index in [-0.39, 0.29) is 0 Å². The van der Waals surface area contributed by atoms with Gasteiger partial charge in [-0.25, -0.2) is 4.68 Å². The molecule has 0 saturated heterocycles. The molecule has 0 radical (unpaired) electrons. The van der Waals surface area contributed by atoms with Gasteiger partial charge in [0.25, 0.3) is 0 Å². The Kier molecular flexibility index (Phi) is 5.21. The Morgan fingerprint density at radius 1 is 1.33 bits per heavy atom. The second-order valence-electron chi connectivity index (χ2n) is 4.52. The van der Waals surface area contributed by atoms with Crippen LogP contribution < -0.4 is 14.9 Å². The van der Waals surface area contributed by atoms with Crippen LogP contribution in [-0.4, -0.2) is 29.1 Å². The molecule has 2 N–H and O–H groups in total. The van der Waals surface area contributed by atoms with Crippen molar-refractivity contribution in [2.45, 2.75) is 26.3 Å². The molecule has 0 aliphatic carbocycles. The molecule has 114 valence electrons. The van der Waals surface area contributed by atoms with Gasteiger partial charge in [0.1, 0.15) is 0 Å². The molecule has 0 aliphatic rings. The van der Waals surface area contributed by atoms with Crippen LogP contribution in [0.4, 0.5) is 0 Å². The lowest BCUT2D eigenvalue weighted by Gasteiger charge is -2.14. The maximum atomic E-state index is 5.42. The zero-order chi connectivity index (χ0) is 15.2. The van der Waals surface area contributed by atoms with Gasteiger partial charge in [-0.3, -0.25) is 5.10 Å². The van der Waals surface area contributed by atoms with E-state index >= 15 is 0 Å². The van der Waals surface area contributed by atoms with E-state index in [2.05, 4.69) is 22.5 Å². The van der Waals surface area contributed by atoms with Gasteiger partial charge in [0, 0.05) is 12.0 Å². The lowest BCUT2D eigenvalue weighted by Crippen LogP contribution is -2.18. The van der Waals surface area contributed by atoms with Crippen molar-refractivity contribution in [1.29, 1.82) is 0 Å². The quantitative estimate of drug-likeness (QED) is 0.770. The molecule has 0 unspecified atom stereocenters. The van der Waals surface area contributed by atoms with Crippen molar-refractivity contribution in [2.24, 2.45) is 0 Å². The molecule has 0 atom stereocenters. The standard InChI is InChI=1S/C14H20N4O2S/c1-4-6-12-16-17-14(21)18(12)15-9-10-7-5-8-11(19-2)13(10)20-3/h5,7-8,15H,4,6,9H2,1-3H3,(H,17,21). The van der Waals surface area contributed by atoms with Crippen LogP contribution in [-0.2, 0) is 13.0 Å². The monoisotopic (exact) mass is 308 g/mol. The first-order valence-corrected chi connectivity index (χ1v) is 7.22. The fraction of sp³-hybridized carbons (Fsp3) is 0.429. The minimum absolute atomic E-state index is 0.556. The van der Waals surface area contributed by atoms with Gasteiger partial charge in [-0.05, 0) is 24.7 Å². The molecule has 0 aliphatic heterocycles. The van der Waals surface area contributed by atoms with Crippen LogP contribution in [0.25, 0.3) is 0 Å². The van der Waals surface area contributed by atoms with Crippen LogP contribution in [0.2, 0.25) is 0 Å². The molecule has 1 heterocycles. The molecule has 0 spiro atoms. The Labute approximate surface area is 129 Å². The number of para-hydroxylation sites is 1. The van der Waals surface area contributed by atoms with Crippen molar-refractivity contribution >= 4 is 12.2 Å². The molecule has 1 aromatic heterocycles. The third-order valence-corrected chi connectivity index (χ3v) is 3.40.